The smallest absolute Gasteiger partial charge is 0.137 e. The highest BCUT2D eigenvalue weighted by molar-refractivity contribution is 5.84. The fourth-order valence-electron chi connectivity index (χ4n) is 2.89. The Kier molecular flexibility index (Phi) is 5.45. The van der Waals surface area contributed by atoms with Gasteiger partial charge in [-0.1, -0.05) is 6.07 Å². The number of hydrogen-bond acceptors (Lipinski definition) is 4. The van der Waals surface area contributed by atoms with E-state index in [1.165, 1.54) is 5.56 Å². The molecule has 0 spiro atoms. The third-order valence-corrected chi connectivity index (χ3v) is 4.09. The highest BCUT2D eigenvalue weighted by Crippen LogP contribution is 2.26. The van der Waals surface area contributed by atoms with Crippen molar-refractivity contribution in [2.24, 2.45) is 5.73 Å². The van der Waals surface area contributed by atoms with Crippen LogP contribution in [0.5, 0.6) is 11.5 Å². The SMILES string of the molecule is CC(C)Oc1ccc(COc2ccc3[nH]cc(CCN)c3c2)cc1C#N. The van der Waals surface area contributed by atoms with Gasteiger partial charge in [-0.2, -0.15) is 5.26 Å². The van der Waals surface area contributed by atoms with E-state index in [2.05, 4.69) is 11.1 Å². The largest absolute Gasteiger partial charge is 0.490 e. The van der Waals surface area contributed by atoms with E-state index in [4.69, 9.17) is 15.2 Å². The average molecular weight is 349 g/mol. The van der Waals surface area contributed by atoms with Crippen molar-refractivity contribution >= 4 is 10.9 Å². The quantitative estimate of drug-likeness (QED) is 0.677. The van der Waals surface area contributed by atoms with E-state index in [-0.39, 0.29) is 6.10 Å². The Bertz CT molecular complexity index is 938. The number of ether oxygens (including phenoxy) is 2. The van der Waals surface area contributed by atoms with Crippen LogP contribution in [0.2, 0.25) is 0 Å². The van der Waals surface area contributed by atoms with Crippen molar-refractivity contribution in [1.82, 2.24) is 4.98 Å². The number of rotatable bonds is 7. The van der Waals surface area contributed by atoms with Gasteiger partial charge in [0.1, 0.15) is 24.2 Å². The number of nitrogens with one attached hydrogen (secondary N) is 1. The van der Waals surface area contributed by atoms with Gasteiger partial charge in [0.15, 0.2) is 0 Å². The van der Waals surface area contributed by atoms with Crippen molar-refractivity contribution in [2.45, 2.75) is 33.0 Å². The van der Waals surface area contributed by atoms with Gasteiger partial charge in [0.05, 0.1) is 11.7 Å². The maximum atomic E-state index is 9.33. The average Bonchev–Trinajstić information content (AvgIpc) is 3.03. The minimum atomic E-state index is 0.0278. The van der Waals surface area contributed by atoms with E-state index in [1.807, 2.05) is 56.4 Å². The molecule has 26 heavy (non-hydrogen) atoms. The second-order valence-corrected chi connectivity index (χ2v) is 6.46. The Labute approximate surface area is 153 Å². The van der Waals surface area contributed by atoms with Crippen LogP contribution in [0.15, 0.2) is 42.6 Å². The van der Waals surface area contributed by atoms with Gasteiger partial charge < -0.3 is 20.2 Å². The summed E-state index contributed by atoms with van der Waals surface area (Å²) in [5, 5.41) is 10.5. The van der Waals surface area contributed by atoms with Crippen LogP contribution in [-0.4, -0.2) is 17.6 Å². The summed E-state index contributed by atoms with van der Waals surface area (Å²) in [6, 6.07) is 13.7. The number of nitriles is 1. The lowest BCUT2D eigenvalue weighted by Gasteiger charge is -2.12. The Hall–Kier alpha value is -2.97. The third kappa shape index (κ3) is 3.98. The fourth-order valence-corrected chi connectivity index (χ4v) is 2.89. The van der Waals surface area contributed by atoms with E-state index in [0.29, 0.717) is 24.5 Å². The van der Waals surface area contributed by atoms with Crippen LogP contribution in [0, 0.1) is 11.3 Å². The molecule has 3 N–H and O–H groups in total. The van der Waals surface area contributed by atoms with Gasteiger partial charge in [-0.15, -0.1) is 0 Å². The molecule has 0 atom stereocenters. The summed E-state index contributed by atoms with van der Waals surface area (Å²) in [7, 11) is 0. The Morgan fingerprint density at radius 1 is 1.19 bits per heavy atom. The molecule has 3 rings (SSSR count). The molecule has 1 heterocycles. The fraction of sp³-hybridized carbons (Fsp3) is 0.286. The van der Waals surface area contributed by atoms with Crippen molar-refractivity contribution in [2.75, 3.05) is 6.54 Å². The topological polar surface area (TPSA) is 84.1 Å². The Morgan fingerprint density at radius 3 is 2.77 bits per heavy atom. The first-order chi connectivity index (χ1) is 12.6. The molecule has 134 valence electrons. The Morgan fingerprint density at radius 2 is 2.04 bits per heavy atom. The molecular formula is C21H23N3O2. The second kappa shape index (κ2) is 7.94. The number of nitrogens with two attached hydrogens (primary N) is 1. The molecule has 0 aliphatic carbocycles. The van der Waals surface area contributed by atoms with E-state index < -0.39 is 0 Å². The number of aromatic nitrogens is 1. The molecule has 0 bridgehead atoms. The number of aromatic amines is 1. The molecule has 0 aliphatic rings. The van der Waals surface area contributed by atoms with Gasteiger partial charge in [-0.3, -0.25) is 0 Å². The number of nitrogens with zero attached hydrogens (tertiary/aromatic N) is 1. The summed E-state index contributed by atoms with van der Waals surface area (Å²) < 4.78 is 11.6. The van der Waals surface area contributed by atoms with Gasteiger partial charge in [0.25, 0.3) is 0 Å². The molecule has 2 aromatic carbocycles. The summed E-state index contributed by atoms with van der Waals surface area (Å²) in [4.78, 5) is 3.25. The molecule has 3 aromatic rings. The first-order valence-electron chi connectivity index (χ1n) is 8.73. The summed E-state index contributed by atoms with van der Waals surface area (Å²) >= 11 is 0. The summed E-state index contributed by atoms with van der Waals surface area (Å²) in [5.41, 5.74) is 9.38. The molecule has 5 heteroatoms. The predicted octanol–water partition coefficient (Wildman–Crippen LogP) is 3.91. The number of benzene rings is 2. The molecular weight excluding hydrogens is 326 g/mol. The van der Waals surface area contributed by atoms with Crippen LogP contribution in [-0.2, 0) is 13.0 Å². The lowest BCUT2D eigenvalue weighted by atomic mass is 10.1. The van der Waals surface area contributed by atoms with Crippen LogP contribution in [0.1, 0.15) is 30.5 Å². The van der Waals surface area contributed by atoms with Crippen molar-refractivity contribution in [3.05, 3.63) is 59.3 Å². The van der Waals surface area contributed by atoms with Crippen molar-refractivity contribution < 1.29 is 9.47 Å². The van der Waals surface area contributed by atoms with Gasteiger partial charge in [-0.05, 0) is 68.3 Å². The molecule has 0 unspecified atom stereocenters. The molecule has 0 radical (unpaired) electrons. The molecule has 1 aromatic heterocycles. The van der Waals surface area contributed by atoms with E-state index in [1.54, 1.807) is 0 Å². The van der Waals surface area contributed by atoms with Gasteiger partial charge >= 0.3 is 0 Å². The first-order valence-corrected chi connectivity index (χ1v) is 8.73. The van der Waals surface area contributed by atoms with E-state index in [9.17, 15) is 5.26 Å². The van der Waals surface area contributed by atoms with Crippen LogP contribution < -0.4 is 15.2 Å². The van der Waals surface area contributed by atoms with Gasteiger partial charge in [0, 0.05) is 17.1 Å². The Balaban J connectivity index is 1.75. The number of H-pyrrole nitrogens is 1. The molecule has 5 nitrogen and oxygen atoms in total. The van der Waals surface area contributed by atoms with Crippen molar-refractivity contribution in [3.8, 4) is 17.6 Å². The van der Waals surface area contributed by atoms with Crippen molar-refractivity contribution in [3.63, 3.8) is 0 Å². The molecule has 0 saturated carbocycles. The molecule has 0 amide bonds. The zero-order valence-corrected chi connectivity index (χ0v) is 15.1. The van der Waals surface area contributed by atoms with Crippen LogP contribution in [0.3, 0.4) is 0 Å². The van der Waals surface area contributed by atoms with Crippen LogP contribution in [0.25, 0.3) is 10.9 Å². The van der Waals surface area contributed by atoms with Gasteiger partial charge in [0.2, 0.25) is 0 Å². The highest BCUT2D eigenvalue weighted by atomic mass is 16.5. The number of fused-ring (bicyclic) bond motifs is 1. The lowest BCUT2D eigenvalue weighted by molar-refractivity contribution is 0.241. The van der Waals surface area contributed by atoms with Crippen LogP contribution in [0.4, 0.5) is 0 Å². The zero-order chi connectivity index (χ0) is 18.5. The van der Waals surface area contributed by atoms with E-state index in [0.717, 1.165) is 28.6 Å². The zero-order valence-electron chi connectivity index (χ0n) is 15.1. The maximum absolute atomic E-state index is 9.33. The summed E-state index contributed by atoms with van der Waals surface area (Å²) in [5.74, 6) is 1.39. The maximum Gasteiger partial charge on any atom is 0.137 e. The predicted molar refractivity (Wildman–Crippen MR) is 102 cm³/mol. The minimum absolute atomic E-state index is 0.0278. The van der Waals surface area contributed by atoms with Gasteiger partial charge in [-0.25, -0.2) is 0 Å². The molecule has 0 aliphatic heterocycles. The molecule has 0 saturated heterocycles. The van der Waals surface area contributed by atoms with Crippen LogP contribution >= 0.6 is 0 Å². The number of hydrogen-bond donors (Lipinski definition) is 2. The third-order valence-electron chi connectivity index (χ3n) is 4.09. The summed E-state index contributed by atoms with van der Waals surface area (Å²) in [6.07, 6.45) is 2.85. The standard InChI is InChI=1S/C21H23N3O2/c1-14(2)26-21-6-3-15(9-17(21)11-23)13-25-18-4-5-20-19(10-18)16(7-8-22)12-24-20/h3-6,9-10,12,14,24H,7-8,13,22H2,1-2H3. The summed E-state index contributed by atoms with van der Waals surface area (Å²) in [6.45, 7) is 4.88. The second-order valence-electron chi connectivity index (χ2n) is 6.46. The molecule has 0 fully saturated rings. The monoisotopic (exact) mass is 349 g/mol. The van der Waals surface area contributed by atoms with Crippen molar-refractivity contribution in [1.29, 1.82) is 5.26 Å². The normalized spacial score (nSPS) is 10.9. The minimum Gasteiger partial charge on any atom is -0.490 e. The van der Waals surface area contributed by atoms with E-state index >= 15 is 0 Å². The highest BCUT2D eigenvalue weighted by Gasteiger charge is 2.08. The first kappa shape index (κ1) is 17.8. The lowest BCUT2D eigenvalue weighted by Crippen LogP contribution is -2.07.